The van der Waals surface area contributed by atoms with Crippen LogP contribution in [-0.2, 0) is 6.42 Å². The second-order valence-corrected chi connectivity index (χ2v) is 6.84. The number of piperidine rings is 1. The molecule has 1 fully saturated rings. The van der Waals surface area contributed by atoms with E-state index in [-0.39, 0.29) is 5.91 Å². The van der Waals surface area contributed by atoms with Crippen molar-refractivity contribution in [2.75, 3.05) is 13.1 Å². The molecule has 0 saturated carbocycles. The van der Waals surface area contributed by atoms with Gasteiger partial charge >= 0.3 is 0 Å². The molecule has 1 amide bonds. The first kappa shape index (κ1) is 20.7. The number of rotatable bonds is 6. The summed E-state index contributed by atoms with van der Waals surface area (Å²) in [6.45, 7) is 12.6. The number of hydrogen-bond donors (Lipinski definition) is 0. The first-order valence-electron chi connectivity index (χ1n) is 10.0. The van der Waals surface area contributed by atoms with E-state index in [2.05, 4.69) is 37.8 Å². The summed E-state index contributed by atoms with van der Waals surface area (Å²) in [4.78, 5) is 14.9. The Kier molecular flexibility index (Phi) is 9.10. The standard InChI is InChI=1S/C20H31NO.C2H6/c1-4-7-13-20(6-3)14-8-15-21(16-20)19(22)18-11-9-17(5-2)10-12-18;1-2/h9-12H,4-8,13-16H2,1-3H3;1-2H3. The second-order valence-electron chi connectivity index (χ2n) is 6.84. The van der Waals surface area contributed by atoms with Gasteiger partial charge in [-0.3, -0.25) is 4.79 Å². The van der Waals surface area contributed by atoms with Gasteiger partial charge < -0.3 is 4.90 Å². The van der Waals surface area contributed by atoms with Gasteiger partial charge in [-0.2, -0.15) is 0 Å². The van der Waals surface area contributed by atoms with E-state index in [1.807, 2.05) is 26.0 Å². The average molecular weight is 332 g/mol. The van der Waals surface area contributed by atoms with Gasteiger partial charge in [-0.15, -0.1) is 0 Å². The maximum atomic E-state index is 12.8. The van der Waals surface area contributed by atoms with Gasteiger partial charge in [0.25, 0.3) is 5.91 Å². The number of hydrogen-bond acceptors (Lipinski definition) is 1. The molecule has 0 spiro atoms. The maximum absolute atomic E-state index is 12.8. The zero-order valence-corrected chi connectivity index (χ0v) is 16.5. The largest absolute Gasteiger partial charge is 0.338 e. The van der Waals surface area contributed by atoms with Gasteiger partial charge in [-0.05, 0) is 55.2 Å². The number of amides is 1. The van der Waals surface area contributed by atoms with Crippen LogP contribution in [-0.4, -0.2) is 23.9 Å². The average Bonchev–Trinajstić information content (AvgIpc) is 2.67. The van der Waals surface area contributed by atoms with Gasteiger partial charge in [0.1, 0.15) is 0 Å². The summed E-state index contributed by atoms with van der Waals surface area (Å²) >= 11 is 0. The van der Waals surface area contributed by atoms with E-state index in [4.69, 9.17) is 0 Å². The Morgan fingerprint density at radius 2 is 1.79 bits per heavy atom. The number of benzene rings is 1. The van der Waals surface area contributed by atoms with E-state index >= 15 is 0 Å². The van der Waals surface area contributed by atoms with Gasteiger partial charge in [0, 0.05) is 18.7 Å². The molecular weight excluding hydrogens is 294 g/mol. The van der Waals surface area contributed by atoms with E-state index in [0.29, 0.717) is 5.41 Å². The molecule has 2 rings (SSSR count). The van der Waals surface area contributed by atoms with Crippen LogP contribution in [0.25, 0.3) is 0 Å². The lowest BCUT2D eigenvalue weighted by atomic mass is 9.74. The fourth-order valence-electron chi connectivity index (χ4n) is 3.67. The maximum Gasteiger partial charge on any atom is 0.253 e. The van der Waals surface area contributed by atoms with E-state index in [9.17, 15) is 4.79 Å². The predicted molar refractivity (Wildman–Crippen MR) is 105 cm³/mol. The lowest BCUT2D eigenvalue weighted by Gasteiger charge is -2.43. The Balaban J connectivity index is 0.00000139. The third-order valence-electron chi connectivity index (χ3n) is 5.37. The van der Waals surface area contributed by atoms with E-state index in [0.717, 1.165) is 31.5 Å². The summed E-state index contributed by atoms with van der Waals surface area (Å²) in [5.41, 5.74) is 2.49. The smallest absolute Gasteiger partial charge is 0.253 e. The van der Waals surface area contributed by atoms with Crippen molar-refractivity contribution in [2.24, 2.45) is 5.41 Å². The van der Waals surface area contributed by atoms with Gasteiger partial charge in [0.05, 0.1) is 0 Å². The first-order chi connectivity index (χ1) is 11.6. The normalized spacial score (nSPS) is 20.3. The quantitative estimate of drug-likeness (QED) is 0.617. The molecule has 1 aliphatic heterocycles. The molecule has 136 valence electrons. The molecule has 1 aliphatic rings. The molecule has 1 unspecified atom stereocenters. The lowest BCUT2D eigenvalue weighted by Crippen LogP contribution is -2.46. The molecule has 0 radical (unpaired) electrons. The molecule has 0 aliphatic carbocycles. The minimum Gasteiger partial charge on any atom is -0.338 e. The third kappa shape index (κ3) is 5.36. The van der Waals surface area contributed by atoms with Crippen molar-refractivity contribution in [1.82, 2.24) is 4.90 Å². The van der Waals surface area contributed by atoms with Gasteiger partial charge in [-0.25, -0.2) is 0 Å². The predicted octanol–water partition coefficient (Wildman–Crippen LogP) is 6.10. The summed E-state index contributed by atoms with van der Waals surface area (Å²) in [5.74, 6) is 0.219. The molecule has 0 bridgehead atoms. The molecule has 2 nitrogen and oxygen atoms in total. The molecule has 0 N–H and O–H groups in total. The van der Waals surface area contributed by atoms with Crippen LogP contribution < -0.4 is 0 Å². The van der Waals surface area contributed by atoms with Crippen LogP contribution in [0.3, 0.4) is 0 Å². The van der Waals surface area contributed by atoms with Crippen LogP contribution in [0.15, 0.2) is 24.3 Å². The fraction of sp³-hybridized carbons (Fsp3) is 0.682. The minimum atomic E-state index is 0.219. The molecule has 1 aromatic rings. The van der Waals surface area contributed by atoms with Crippen LogP contribution >= 0.6 is 0 Å². The summed E-state index contributed by atoms with van der Waals surface area (Å²) in [6.07, 6.45) is 8.42. The fourth-order valence-corrected chi connectivity index (χ4v) is 3.67. The minimum absolute atomic E-state index is 0.219. The van der Waals surface area contributed by atoms with E-state index < -0.39 is 0 Å². The first-order valence-corrected chi connectivity index (χ1v) is 10.0. The van der Waals surface area contributed by atoms with E-state index in [1.54, 1.807) is 0 Å². The Morgan fingerprint density at radius 1 is 1.12 bits per heavy atom. The highest BCUT2D eigenvalue weighted by Gasteiger charge is 2.35. The molecule has 24 heavy (non-hydrogen) atoms. The Labute approximate surface area is 149 Å². The van der Waals surface area contributed by atoms with E-state index in [1.165, 1.54) is 37.7 Å². The van der Waals surface area contributed by atoms with Crippen molar-refractivity contribution in [3.63, 3.8) is 0 Å². The molecule has 1 aromatic carbocycles. The van der Waals surface area contributed by atoms with Gasteiger partial charge in [-0.1, -0.05) is 59.6 Å². The summed E-state index contributed by atoms with van der Waals surface area (Å²) in [7, 11) is 0. The highest BCUT2D eigenvalue weighted by Crippen LogP contribution is 2.38. The number of carbonyl (C=O) groups excluding carboxylic acids is 1. The van der Waals surface area contributed by atoms with Crippen LogP contribution in [0.2, 0.25) is 0 Å². The second kappa shape index (κ2) is 10.5. The number of unbranched alkanes of at least 4 members (excludes halogenated alkanes) is 1. The highest BCUT2D eigenvalue weighted by molar-refractivity contribution is 5.94. The zero-order valence-electron chi connectivity index (χ0n) is 16.5. The van der Waals surface area contributed by atoms with Crippen molar-refractivity contribution in [1.29, 1.82) is 0 Å². The Bertz CT molecular complexity index is 479. The number of aryl methyl sites for hydroxylation is 1. The van der Waals surface area contributed by atoms with Crippen molar-refractivity contribution in [2.45, 2.75) is 79.6 Å². The highest BCUT2D eigenvalue weighted by atomic mass is 16.2. The molecule has 1 heterocycles. The Morgan fingerprint density at radius 3 is 2.33 bits per heavy atom. The monoisotopic (exact) mass is 331 g/mol. The topological polar surface area (TPSA) is 20.3 Å². The van der Waals surface area contributed by atoms with Crippen LogP contribution in [0.4, 0.5) is 0 Å². The Hall–Kier alpha value is -1.31. The van der Waals surface area contributed by atoms with Crippen LogP contribution in [0.1, 0.15) is 89.1 Å². The molecule has 2 heteroatoms. The lowest BCUT2D eigenvalue weighted by molar-refractivity contribution is 0.0466. The number of nitrogens with zero attached hydrogens (tertiary/aromatic N) is 1. The molecule has 0 aromatic heterocycles. The summed E-state index contributed by atoms with van der Waals surface area (Å²) in [5, 5.41) is 0. The third-order valence-corrected chi connectivity index (χ3v) is 5.37. The van der Waals surface area contributed by atoms with Crippen molar-refractivity contribution >= 4 is 5.91 Å². The SMILES string of the molecule is CC.CCCCC1(CC)CCCN(C(=O)c2ccc(CC)cc2)C1. The van der Waals surface area contributed by atoms with Crippen molar-refractivity contribution < 1.29 is 4.79 Å². The zero-order chi connectivity index (χ0) is 18.0. The molecule has 1 atom stereocenters. The molecule has 1 saturated heterocycles. The van der Waals surface area contributed by atoms with Crippen molar-refractivity contribution in [3.8, 4) is 0 Å². The van der Waals surface area contributed by atoms with Crippen molar-refractivity contribution in [3.05, 3.63) is 35.4 Å². The van der Waals surface area contributed by atoms with Crippen LogP contribution in [0.5, 0.6) is 0 Å². The summed E-state index contributed by atoms with van der Waals surface area (Å²) < 4.78 is 0. The summed E-state index contributed by atoms with van der Waals surface area (Å²) in [6, 6.07) is 8.16. The van der Waals surface area contributed by atoms with Crippen LogP contribution in [0, 0.1) is 5.41 Å². The number of likely N-dealkylation sites (tertiary alicyclic amines) is 1. The molecular formula is C22H37NO. The van der Waals surface area contributed by atoms with Gasteiger partial charge in [0.15, 0.2) is 0 Å². The van der Waals surface area contributed by atoms with Gasteiger partial charge in [0.2, 0.25) is 0 Å². The number of carbonyl (C=O) groups is 1.